The SMILES string of the molecule is Cc1ccccc1N(CC(=O)N(Cc1ccc(Cl)c(Cl)c1)[C@@H](Cc1ccccc1)C(=O)NC1CCCCC1)S(=O)(=O)c1ccccc1. The van der Waals surface area contributed by atoms with Gasteiger partial charge < -0.3 is 10.2 Å². The summed E-state index contributed by atoms with van der Waals surface area (Å²) in [5.41, 5.74) is 2.60. The average Bonchev–Trinajstić information content (AvgIpc) is 3.08. The molecule has 1 aliphatic carbocycles. The molecule has 1 saturated carbocycles. The average molecular weight is 693 g/mol. The molecule has 1 atom stereocenters. The van der Waals surface area contributed by atoms with Crippen molar-refractivity contribution >= 4 is 50.7 Å². The molecular formula is C37H39Cl2N3O4S. The van der Waals surface area contributed by atoms with Gasteiger partial charge >= 0.3 is 0 Å². The molecular weight excluding hydrogens is 653 g/mol. The first-order valence-corrected chi connectivity index (χ1v) is 18.0. The van der Waals surface area contributed by atoms with Gasteiger partial charge in [-0.2, -0.15) is 0 Å². The van der Waals surface area contributed by atoms with E-state index in [-0.39, 0.29) is 29.8 Å². The van der Waals surface area contributed by atoms with E-state index >= 15 is 0 Å². The van der Waals surface area contributed by atoms with Crippen molar-refractivity contribution in [2.24, 2.45) is 0 Å². The minimum Gasteiger partial charge on any atom is -0.352 e. The normalized spacial score (nSPS) is 14.3. The molecule has 10 heteroatoms. The van der Waals surface area contributed by atoms with Crippen molar-refractivity contribution in [1.29, 1.82) is 0 Å². The third-order valence-corrected chi connectivity index (χ3v) is 11.1. The van der Waals surface area contributed by atoms with Gasteiger partial charge in [-0.25, -0.2) is 8.42 Å². The summed E-state index contributed by atoms with van der Waals surface area (Å²) in [4.78, 5) is 30.4. The summed E-state index contributed by atoms with van der Waals surface area (Å²) in [5, 5.41) is 3.90. The van der Waals surface area contributed by atoms with Gasteiger partial charge in [-0.3, -0.25) is 13.9 Å². The van der Waals surface area contributed by atoms with Gasteiger partial charge in [0.1, 0.15) is 12.6 Å². The highest BCUT2D eigenvalue weighted by molar-refractivity contribution is 7.92. The smallest absolute Gasteiger partial charge is 0.264 e. The molecule has 0 bridgehead atoms. The molecule has 0 aliphatic heterocycles. The predicted octanol–water partition coefficient (Wildman–Crippen LogP) is 7.59. The van der Waals surface area contributed by atoms with E-state index in [0.717, 1.165) is 42.0 Å². The minimum atomic E-state index is -4.17. The van der Waals surface area contributed by atoms with Crippen molar-refractivity contribution in [3.63, 3.8) is 0 Å². The molecule has 0 aromatic heterocycles. The number of benzene rings is 4. The number of anilines is 1. The maximum Gasteiger partial charge on any atom is 0.264 e. The van der Waals surface area contributed by atoms with E-state index < -0.39 is 28.5 Å². The molecule has 0 radical (unpaired) electrons. The first-order valence-electron chi connectivity index (χ1n) is 15.8. The monoisotopic (exact) mass is 691 g/mol. The summed E-state index contributed by atoms with van der Waals surface area (Å²) in [6.45, 7) is 1.29. The molecule has 0 saturated heterocycles. The number of carbonyl (C=O) groups is 2. The van der Waals surface area contributed by atoms with E-state index in [0.29, 0.717) is 26.9 Å². The van der Waals surface area contributed by atoms with E-state index in [4.69, 9.17) is 23.2 Å². The summed E-state index contributed by atoms with van der Waals surface area (Å²) in [6.07, 6.45) is 5.18. The number of sulfonamides is 1. The number of amides is 2. The van der Waals surface area contributed by atoms with Crippen LogP contribution in [0.15, 0.2) is 108 Å². The Morgan fingerprint density at radius 3 is 2.11 bits per heavy atom. The fraction of sp³-hybridized carbons (Fsp3) is 0.297. The van der Waals surface area contributed by atoms with Gasteiger partial charge in [-0.15, -0.1) is 0 Å². The third kappa shape index (κ3) is 8.74. The Hall–Kier alpha value is -3.85. The predicted molar refractivity (Wildman–Crippen MR) is 188 cm³/mol. The highest BCUT2D eigenvalue weighted by Gasteiger charge is 2.35. The van der Waals surface area contributed by atoms with Gasteiger partial charge in [0.05, 0.1) is 20.6 Å². The number of hydrogen-bond acceptors (Lipinski definition) is 4. The van der Waals surface area contributed by atoms with Gasteiger partial charge in [-0.1, -0.05) is 115 Å². The van der Waals surface area contributed by atoms with Gasteiger partial charge in [0, 0.05) is 19.0 Å². The fourth-order valence-corrected chi connectivity index (χ4v) is 7.83. The first-order chi connectivity index (χ1) is 22.6. The number of para-hydroxylation sites is 1. The Kier molecular flexibility index (Phi) is 11.6. The van der Waals surface area contributed by atoms with Crippen LogP contribution in [0.25, 0.3) is 0 Å². The van der Waals surface area contributed by atoms with Crippen LogP contribution in [-0.2, 0) is 32.6 Å². The second-order valence-corrected chi connectivity index (χ2v) is 14.6. The van der Waals surface area contributed by atoms with Crippen LogP contribution in [0, 0.1) is 6.92 Å². The van der Waals surface area contributed by atoms with Crippen molar-refractivity contribution in [1.82, 2.24) is 10.2 Å². The highest BCUT2D eigenvalue weighted by atomic mass is 35.5. The Bertz CT molecular complexity index is 1780. The van der Waals surface area contributed by atoms with E-state index in [1.165, 1.54) is 17.0 Å². The standard InChI is InChI=1S/C37H39Cl2N3O4S/c1-27-13-11-12-20-34(27)42(47(45,46)31-18-9-4-10-19-31)26-36(43)41(25-29-21-22-32(38)33(39)23-29)35(24-28-14-5-2-6-15-28)37(44)40-30-16-7-3-8-17-30/h2,4-6,9-15,18-23,30,35H,3,7-8,16-17,24-26H2,1H3,(H,40,44)/t35-/m0/s1. The molecule has 4 aromatic rings. The summed E-state index contributed by atoms with van der Waals surface area (Å²) in [6, 6.07) is 28.8. The number of halogens is 2. The van der Waals surface area contributed by atoms with Crippen molar-refractivity contribution in [2.45, 2.75) is 69.0 Å². The zero-order valence-corrected chi connectivity index (χ0v) is 28.6. The van der Waals surface area contributed by atoms with E-state index in [2.05, 4.69) is 5.32 Å². The molecule has 7 nitrogen and oxygen atoms in total. The van der Waals surface area contributed by atoms with E-state index in [1.807, 2.05) is 36.4 Å². The van der Waals surface area contributed by atoms with Gasteiger partial charge in [0.2, 0.25) is 11.8 Å². The Morgan fingerprint density at radius 1 is 0.809 bits per heavy atom. The maximum absolute atomic E-state index is 14.7. The van der Waals surface area contributed by atoms with Crippen molar-refractivity contribution < 1.29 is 18.0 Å². The van der Waals surface area contributed by atoms with Crippen molar-refractivity contribution in [2.75, 3.05) is 10.8 Å². The third-order valence-electron chi connectivity index (χ3n) is 8.55. The lowest BCUT2D eigenvalue weighted by Crippen LogP contribution is -2.55. The van der Waals surface area contributed by atoms with Crippen LogP contribution in [-0.4, -0.2) is 43.8 Å². The van der Waals surface area contributed by atoms with Crippen LogP contribution < -0.4 is 9.62 Å². The molecule has 0 unspecified atom stereocenters. The molecule has 4 aromatic carbocycles. The van der Waals surface area contributed by atoms with E-state index in [9.17, 15) is 18.0 Å². The maximum atomic E-state index is 14.7. The lowest BCUT2D eigenvalue weighted by Gasteiger charge is -2.35. The lowest BCUT2D eigenvalue weighted by molar-refractivity contribution is -0.140. The number of nitrogens with one attached hydrogen (secondary N) is 1. The lowest BCUT2D eigenvalue weighted by atomic mass is 9.94. The van der Waals surface area contributed by atoms with Crippen LogP contribution >= 0.6 is 23.2 Å². The number of carbonyl (C=O) groups excluding carboxylic acids is 2. The number of rotatable bonds is 12. The van der Waals surface area contributed by atoms with Crippen LogP contribution in [0.5, 0.6) is 0 Å². The zero-order chi connectivity index (χ0) is 33.4. The first kappa shape index (κ1) is 34.5. The van der Waals surface area contributed by atoms with Gasteiger partial charge in [-0.05, 0) is 66.8 Å². The summed E-state index contributed by atoms with van der Waals surface area (Å²) >= 11 is 12.6. The van der Waals surface area contributed by atoms with Crippen molar-refractivity contribution in [3.8, 4) is 0 Å². The highest BCUT2D eigenvalue weighted by Crippen LogP contribution is 2.29. The number of nitrogens with zero attached hydrogens (tertiary/aromatic N) is 2. The Labute approximate surface area is 287 Å². The van der Waals surface area contributed by atoms with Gasteiger partial charge in [0.25, 0.3) is 10.0 Å². The largest absolute Gasteiger partial charge is 0.352 e. The molecule has 1 N–H and O–H groups in total. The van der Waals surface area contributed by atoms with Crippen molar-refractivity contribution in [3.05, 3.63) is 130 Å². The van der Waals surface area contributed by atoms with Crippen LogP contribution in [0.3, 0.4) is 0 Å². The minimum absolute atomic E-state index is 0.0122. The molecule has 47 heavy (non-hydrogen) atoms. The summed E-state index contributed by atoms with van der Waals surface area (Å²) in [7, 11) is -4.17. The van der Waals surface area contributed by atoms with Gasteiger partial charge in [0.15, 0.2) is 0 Å². The Balaban J connectivity index is 1.58. The molecule has 0 spiro atoms. The second-order valence-electron chi connectivity index (χ2n) is 11.9. The molecule has 1 aliphatic rings. The van der Waals surface area contributed by atoms with Crippen LogP contribution in [0.1, 0.15) is 48.8 Å². The Morgan fingerprint density at radius 2 is 1.45 bits per heavy atom. The molecule has 1 fully saturated rings. The topological polar surface area (TPSA) is 86.8 Å². The summed E-state index contributed by atoms with van der Waals surface area (Å²) in [5.74, 6) is -0.805. The number of aryl methyl sites for hydroxylation is 1. The molecule has 0 heterocycles. The molecule has 246 valence electrons. The van der Waals surface area contributed by atoms with Crippen LogP contribution in [0.4, 0.5) is 5.69 Å². The fourth-order valence-electron chi connectivity index (χ4n) is 6.01. The number of hydrogen-bond donors (Lipinski definition) is 1. The van der Waals surface area contributed by atoms with Crippen LogP contribution in [0.2, 0.25) is 10.0 Å². The summed E-state index contributed by atoms with van der Waals surface area (Å²) < 4.78 is 29.5. The molecule has 5 rings (SSSR count). The quantitative estimate of drug-likeness (QED) is 0.166. The molecule has 2 amide bonds. The second kappa shape index (κ2) is 15.8. The zero-order valence-electron chi connectivity index (χ0n) is 26.3. The van der Waals surface area contributed by atoms with E-state index in [1.54, 1.807) is 61.5 Å².